The second-order valence-corrected chi connectivity index (χ2v) is 5.62. The van der Waals surface area contributed by atoms with E-state index < -0.39 is 10.0 Å². The molecule has 2 N–H and O–H groups in total. The summed E-state index contributed by atoms with van der Waals surface area (Å²) in [6.45, 7) is 0. The van der Waals surface area contributed by atoms with Crippen molar-refractivity contribution in [3.05, 3.63) is 42.2 Å². The van der Waals surface area contributed by atoms with Gasteiger partial charge in [0.25, 0.3) is 10.0 Å². The molecule has 0 aliphatic carbocycles. The molecule has 0 bridgehead atoms. The number of rotatable bonds is 4. The Morgan fingerprint density at radius 2 is 2.24 bits per heavy atom. The van der Waals surface area contributed by atoms with Crippen LogP contribution in [0.2, 0.25) is 0 Å². The summed E-state index contributed by atoms with van der Waals surface area (Å²) in [7, 11) is -3.55. The molecule has 90 valence electrons. The van der Waals surface area contributed by atoms with Crippen LogP contribution in [0.3, 0.4) is 0 Å². The molecule has 0 amide bonds. The average molecular weight is 316 g/mol. The molecule has 0 radical (unpaired) electrons. The van der Waals surface area contributed by atoms with E-state index in [1.54, 1.807) is 18.2 Å². The highest BCUT2D eigenvalue weighted by Crippen LogP contribution is 2.17. The summed E-state index contributed by atoms with van der Waals surface area (Å²) in [5, 5.41) is 6.75. The molecule has 1 aromatic carbocycles. The number of hydrogen-bond acceptors (Lipinski definition) is 3. The van der Waals surface area contributed by atoms with Gasteiger partial charge in [-0.1, -0.05) is 28.1 Å². The molecule has 2 aromatic rings. The van der Waals surface area contributed by atoms with Crippen molar-refractivity contribution in [3.8, 4) is 0 Å². The lowest BCUT2D eigenvalue weighted by Gasteiger charge is -2.06. The van der Waals surface area contributed by atoms with Gasteiger partial charge in [-0.15, -0.1) is 0 Å². The fourth-order valence-electron chi connectivity index (χ4n) is 1.32. The summed E-state index contributed by atoms with van der Waals surface area (Å²) in [4.78, 5) is 0.113. The van der Waals surface area contributed by atoms with E-state index in [1.165, 1.54) is 12.4 Å². The van der Waals surface area contributed by atoms with Crippen LogP contribution in [0, 0.1) is 0 Å². The Kier molecular flexibility index (Phi) is 3.49. The summed E-state index contributed by atoms with van der Waals surface area (Å²) in [5.74, 6) is 0. The minimum Gasteiger partial charge on any atom is -0.284 e. The first-order chi connectivity index (χ1) is 8.12. The molecule has 0 unspecified atom stereocenters. The number of aromatic amines is 1. The molecule has 0 atom stereocenters. The normalized spacial score (nSPS) is 11.4. The van der Waals surface area contributed by atoms with E-state index >= 15 is 0 Å². The van der Waals surface area contributed by atoms with Crippen LogP contribution in [0.1, 0.15) is 5.56 Å². The molecule has 0 saturated heterocycles. The Hall–Kier alpha value is -1.34. The standard InChI is InChI=1S/C10H10BrN3O2S/c11-5-8-2-1-3-9(4-8)14-17(15,16)10-6-12-13-7-10/h1-4,6-7,14H,5H2,(H,12,13). The van der Waals surface area contributed by atoms with Crippen molar-refractivity contribution in [2.24, 2.45) is 0 Å². The van der Waals surface area contributed by atoms with Gasteiger partial charge in [-0.2, -0.15) is 5.10 Å². The largest absolute Gasteiger partial charge is 0.284 e. The first kappa shape index (κ1) is 12.1. The highest BCUT2D eigenvalue weighted by Gasteiger charge is 2.14. The Morgan fingerprint density at radius 3 is 2.88 bits per heavy atom. The van der Waals surface area contributed by atoms with Crippen LogP contribution in [-0.4, -0.2) is 18.6 Å². The topological polar surface area (TPSA) is 74.8 Å². The van der Waals surface area contributed by atoms with Crippen molar-refractivity contribution >= 4 is 31.6 Å². The fraction of sp³-hybridized carbons (Fsp3) is 0.100. The van der Waals surface area contributed by atoms with E-state index in [9.17, 15) is 8.42 Å². The number of H-pyrrole nitrogens is 1. The van der Waals surface area contributed by atoms with Crippen molar-refractivity contribution in [1.29, 1.82) is 0 Å². The monoisotopic (exact) mass is 315 g/mol. The smallest absolute Gasteiger partial charge is 0.265 e. The average Bonchev–Trinajstić information content (AvgIpc) is 2.83. The maximum absolute atomic E-state index is 11.9. The second kappa shape index (κ2) is 4.89. The van der Waals surface area contributed by atoms with E-state index in [4.69, 9.17) is 0 Å². The van der Waals surface area contributed by atoms with Crippen LogP contribution in [0.5, 0.6) is 0 Å². The third-order valence-corrected chi connectivity index (χ3v) is 4.11. The molecule has 5 nitrogen and oxygen atoms in total. The second-order valence-electron chi connectivity index (χ2n) is 3.37. The summed E-state index contributed by atoms with van der Waals surface area (Å²) in [6, 6.07) is 7.17. The SMILES string of the molecule is O=S(=O)(Nc1cccc(CBr)c1)c1cn[nH]c1. The zero-order chi connectivity index (χ0) is 12.3. The van der Waals surface area contributed by atoms with E-state index in [0.717, 1.165) is 5.56 Å². The molecule has 0 fully saturated rings. The quantitative estimate of drug-likeness (QED) is 0.848. The first-order valence-electron chi connectivity index (χ1n) is 4.78. The molecule has 1 heterocycles. The number of halogens is 1. The summed E-state index contributed by atoms with van der Waals surface area (Å²) in [6.07, 6.45) is 2.59. The molecule has 0 aliphatic rings. The predicted molar refractivity (Wildman–Crippen MR) is 68.5 cm³/mol. The molecule has 2 rings (SSSR count). The van der Waals surface area contributed by atoms with Crippen LogP contribution >= 0.6 is 15.9 Å². The number of nitrogens with one attached hydrogen (secondary N) is 2. The number of benzene rings is 1. The third-order valence-electron chi connectivity index (χ3n) is 2.12. The maximum atomic E-state index is 11.9. The number of hydrogen-bond donors (Lipinski definition) is 2. The van der Waals surface area contributed by atoms with Gasteiger partial charge in [0, 0.05) is 17.2 Å². The van der Waals surface area contributed by atoms with Gasteiger partial charge in [0.15, 0.2) is 0 Å². The zero-order valence-electron chi connectivity index (χ0n) is 8.72. The van der Waals surface area contributed by atoms with Gasteiger partial charge < -0.3 is 0 Å². The van der Waals surface area contributed by atoms with Crippen LogP contribution in [0.4, 0.5) is 5.69 Å². The van der Waals surface area contributed by atoms with Gasteiger partial charge >= 0.3 is 0 Å². The van der Waals surface area contributed by atoms with Crippen molar-refractivity contribution in [2.45, 2.75) is 10.2 Å². The zero-order valence-corrected chi connectivity index (χ0v) is 11.1. The summed E-state index contributed by atoms with van der Waals surface area (Å²) < 4.78 is 26.2. The predicted octanol–water partition coefficient (Wildman–Crippen LogP) is 2.11. The molecule has 0 spiro atoms. The number of anilines is 1. The lowest BCUT2D eigenvalue weighted by molar-refractivity contribution is 0.601. The fourth-order valence-corrected chi connectivity index (χ4v) is 2.62. The maximum Gasteiger partial charge on any atom is 0.265 e. The van der Waals surface area contributed by atoms with Gasteiger partial charge in [0.2, 0.25) is 0 Å². The number of sulfonamides is 1. The van der Waals surface area contributed by atoms with Crippen molar-refractivity contribution in [1.82, 2.24) is 10.2 Å². The Labute approximate surface area is 107 Å². The molecular formula is C10H10BrN3O2S. The van der Waals surface area contributed by atoms with Gasteiger partial charge in [-0.25, -0.2) is 8.42 Å². The lowest BCUT2D eigenvalue weighted by atomic mass is 10.2. The third kappa shape index (κ3) is 2.86. The summed E-state index contributed by atoms with van der Waals surface area (Å²) >= 11 is 3.32. The van der Waals surface area contributed by atoms with Crippen molar-refractivity contribution in [3.63, 3.8) is 0 Å². The van der Waals surface area contributed by atoms with Gasteiger partial charge in [0.05, 0.1) is 6.20 Å². The lowest BCUT2D eigenvalue weighted by Crippen LogP contribution is -2.12. The highest BCUT2D eigenvalue weighted by atomic mass is 79.9. The molecule has 1 aromatic heterocycles. The molecule has 17 heavy (non-hydrogen) atoms. The minimum atomic E-state index is -3.55. The Balaban J connectivity index is 2.26. The highest BCUT2D eigenvalue weighted by molar-refractivity contribution is 9.08. The van der Waals surface area contributed by atoms with Crippen LogP contribution < -0.4 is 4.72 Å². The van der Waals surface area contributed by atoms with Gasteiger partial charge in [-0.3, -0.25) is 9.82 Å². The van der Waals surface area contributed by atoms with Crippen LogP contribution in [0.25, 0.3) is 0 Å². The van der Waals surface area contributed by atoms with Crippen LogP contribution in [0.15, 0.2) is 41.6 Å². The van der Waals surface area contributed by atoms with Crippen molar-refractivity contribution < 1.29 is 8.42 Å². The number of nitrogens with zero attached hydrogens (tertiary/aromatic N) is 1. The molecule has 0 saturated carbocycles. The Bertz CT molecular complexity index is 596. The number of alkyl halides is 1. The van der Waals surface area contributed by atoms with Gasteiger partial charge in [-0.05, 0) is 17.7 Å². The first-order valence-corrected chi connectivity index (χ1v) is 7.39. The molecule has 7 heteroatoms. The van der Waals surface area contributed by atoms with E-state index in [0.29, 0.717) is 11.0 Å². The van der Waals surface area contributed by atoms with Crippen LogP contribution in [-0.2, 0) is 15.4 Å². The molecule has 0 aliphatic heterocycles. The number of aromatic nitrogens is 2. The van der Waals surface area contributed by atoms with E-state index in [-0.39, 0.29) is 4.90 Å². The van der Waals surface area contributed by atoms with Crippen molar-refractivity contribution in [2.75, 3.05) is 4.72 Å². The van der Waals surface area contributed by atoms with Gasteiger partial charge in [0.1, 0.15) is 4.90 Å². The van der Waals surface area contributed by atoms with E-state index in [2.05, 4.69) is 30.8 Å². The summed E-state index contributed by atoms with van der Waals surface area (Å²) in [5.41, 5.74) is 1.53. The minimum absolute atomic E-state index is 0.113. The Morgan fingerprint density at radius 1 is 1.41 bits per heavy atom. The van der Waals surface area contributed by atoms with E-state index in [1.807, 2.05) is 6.07 Å². The molecular weight excluding hydrogens is 306 g/mol.